The van der Waals surface area contributed by atoms with Gasteiger partial charge >= 0.3 is 0 Å². The largest absolute Gasteiger partial charge is 0.337 e. The van der Waals surface area contributed by atoms with Crippen LogP contribution in [0.5, 0.6) is 0 Å². The molecule has 0 spiro atoms. The predicted molar refractivity (Wildman–Crippen MR) is 112 cm³/mol. The molecule has 4 rings (SSSR count). The maximum atomic E-state index is 12.9. The molecule has 28 heavy (non-hydrogen) atoms. The van der Waals surface area contributed by atoms with E-state index in [9.17, 15) is 9.59 Å². The molecule has 0 radical (unpaired) electrons. The highest BCUT2D eigenvalue weighted by atomic mass is 32.1. The highest BCUT2D eigenvalue weighted by Crippen LogP contribution is 2.16. The Morgan fingerprint density at radius 3 is 2.54 bits per heavy atom. The van der Waals surface area contributed by atoms with Gasteiger partial charge in [0, 0.05) is 17.5 Å². The van der Waals surface area contributed by atoms with Crippen molar-refractivity contribution >= 4 is 28.1 Å². The summed E-state index contributed by atoms with van der Waals surface area (Å²) in [4.78, 5) is 32.9. The number of aryl methyl sites for hydroxylation is 1. The van der Waals surface area contributed by atoms with Crippen LogP contribution in [0, 0.1) is 6.92 Å². The van der Waals surface area contributed by atoms with Crippen molar-refractivity contribution in [3.63, 3.8) is 0 Å². The van der Waals surface area contributed by atoms with E-state index >= 15 is 0 Å². The summed E-state index contributed by atoms with van der Waals surface area (Å²) in [5, 5.41) is 2.57. The number of hydrogen-bond acceptors (Lipinski definition) is 4. The van der Waals surface area contributed by atoms with Gasteiger partial charge in [0.1, 0.15) is 5.82 Å². The summed E-state index contributed by atoms with van der Waals surface area (Å²) >= 11 is 1.63. The summed E-state index contributed by atoms with van der Waals surface area (Å²) in [6.07, 6.45) is 0. The lowest BCUT2D eigenvalue weighted by molar-refractivity contribution is 0.0786. The lowest BCUT2D eigenvalue weighted by atomic mass is 10.1. The summed E-state index contributed by atoms with van der Waals surface area (Å²) in [7, 11) is 1.79. The van der Waals surface area contributed by atoms with Crippen molar-refractivity contribution < 1.29 is 4.79 Å². The molecule has 2 aromatic carbocycles. The van der Waals surface area contributed by atoms with Crippen molar-refractivity contribution in [1.29, 1.82) is 0 Å². The van der Waals surface area contributed by atoms with Gasteiger partial charge in [0.2, 0.25) is 0 Å². The smallest absolute Gasteiger partial charge is 0.265 e. The zero-order valence-electron chi connectivity index (χ0n) is 15.6. The van der Waals surface area contributed by atoms with E-state index in [-0.39, 0.29) is 11.5 Å². The standard InChI is InChI=1S/C22H19N3O2S/c1-15-23-20-8-4-3-7-19(20)22(27)25(15)17-11-9-16(10-12-17)21(26)24(2)14-18-6-5-13-28-18/h3-13H,14H2,1-2H3. The maximum absolute atomic E-state index is 12.9. The second-order valence-corrected chi connectivity index (χ2v) is 7.64. The number of amides is 1. The van der Waals surface area contributed by atoms with Crippen LogP contribution >= 0.6 is 11.3 Å². The summed E-state index contributed by atoms with van der Waals surface area (Å²) in [5.74, 6) is 0.554. The Balaban J connectivity index is 1.64. The molecule has 6 heteroatoms. The Bertz CT molecular complexity index is 1190. The van der Waals surface area contributed by atoms with Crippen LogP contribution in [-0.2, 0) is 6.54 Å². The number of benzene rings is 2. The molecule has 2 aromatic heterocycles. The van der Waals surface area contributed by atoms with E-state index in [1.807, 2.05) is 42.6 Å². The van der Waals surface area contributed by atoms with Crippen LogP contribution < -0.4 is 5.56 Å². The Labute approximate surface area is 166 Å². The molecule has 0 atom stereocenters. The van der Waals surface area contributed by atoms with Crippen LogP contribution in [-0.4, -0.2) is 27.4 Å². The van der Waals surface area contributed by atoms with E-state index in [4.69, 9.17) is 0 Å². The van der Waals surface area contributed by atoms with Gasteiger partial charge in [0.25, 0.3) is 11.5 Å². The molecule has 0 aliphatic heterocycles. The van der Waals surface area contributed by atoms with Crippen LogP contribution in [0.3, 0.4) is 0 Å². The predicted octanol–water partition coefficient (Wildman–Crippen LogP) is 4.03. The fourth-order valence-corrected chi connectivity index (χ4v) is 3.99. The Kier molecular flexibility index (Phi) is 4.79. The Morgan fingerprint density at radius 2 is 1.82 bits per heavy atom. The molecule has 0 N–H and O–H groups in total. The quantitative estimate of drug-likeness (QED) is 0.530. The number of rotatable bonds is 4. The SMILES string of the molecule is Cc1nc2ccccc2c(=O)n1-c1ccc(C(=O)N(C)Cc2cccs2)cc1. The second kappa shape index (κ2) is 7.40. The van der Waals surface area contributed by atoms with E-state index in [2.05, 4.69) is 4.98 Å². The highest BCUT2D eigenvalue weighted by molar-refractivity contribution is 7.09. The second-order valence-electron chi connectivity index (χ2n) is 6.60. The number of carbonyl (C=O) groups is 1. The number of hydrogen-bond donors (Lipinski definition) is 0. The van der Waals surface area contributed by atoms with E-state index in [1.165, 1.54) is 0 Å². The van der Waals surface area contributed by atoms with Crippen molar-refractivity contribution in [3.8, 4) is 5.69 Å². The molecule has 1 amide bonds. The minimum Gasteiger partial charge on any atom is -0.337 e. The fraction of sp³-hybridized carbons (Fsp3) is 0.136. The minimum absolute atomic E-state index is 0.0549. The summed E-state index contributed by atoms with van der Waals surface area (Å²) in [6.45, 7) is 2.38. The van der Waals surface area contributed by atoms with Crippen LogP contribution in [0.25, 0.3) is 16.6 Å². The summed E-state index contributed by atoms with van der Waals surface area (Å²) in [6, 6.07) is 18.4. The molecule has 4 aromatic rings. The molecule has 0 saturated carbocycles. The summed E-state index contributed by atoms with van der Waals surface area (Å²) in [5.41, 5.74) is 1.85. The zero-order chi connectivity index (χ0) is 19.7. The number of para-hydroxylation sites is 1. The zero-order valence-corrected chi connectivity index (χ0v) is 16.4. The number of aromatic nitrogens is 2. The number of fused-ring (bicyclic) bond motifs is 1. The fourth-order valence-electron chi connectivity index (χ4n) is 3.23. The normalized spacial score (nSPS) is 10.9. The molecule has 5 nitrogen and oxygen atoms in total. The first-order valence-electron chi connectivity index (χ1n) is 8.91. The van der Waals surface area contributed by atoms with Gasteiger partial charge in [-0.2, -0.15) is 0 Å². The van der Waals surface area contributed by atoms with E-state index in [1.54, 1.807) is 58.2 Å². The van der Waals surface area contributed by atoms with Gasteiger partial charge in [-0.3, -0.25) is 14.2 Å². The van der Waals surface area contributed by atoms with Crippen LogP contribution in [0.15, 0.2) is 70.8 Å². The highest BCUT2D eigenvalue weighted by Gasteiger charge is 2.14. The van der Waals surface area contributed by atoms with Crippen LogP contribution in [0.1, 0.15) is 21.1 Å². The van der Waals surface area contributed by atoms with Gasteiger partial charge in [-0.05, 0) is 54.8 Å². The minimum atomic E-state index is -0.114. The van der Waals surface area contributed by atoms with Gasteiger partial charge in [-0.1, -0.05) is 18.2 Å². The maximum Gasteiger partial charge on any atom is 0.265 e. The first-order valence-corrected chi connectivity index (χ1v) is 9.79. The molecule has 0 aliphatic carbocycles. The van der Waals surface area contributed by atoms with E-state index in [0.717, 1.165) is 4.88 Å². The third-order valence-corrected chi connectivity index (χ3v) is 5.50. The number of thiophene rings is 1. The Hall–Kier alpha value is -3.25. The van der Waals surface area contributed by atoms with Crippen molar-refractivity contribution in [2.75, 3.05) is 7.05 Å². The molecular weight excluding hydrogens is 370 g/mol. The third kappa shape index (κ3) is 3.34. The lowest BCUT2D eigenvalue weighted by Gasteiger charge is -2.17. The van der Waals surface area contributed by atoms with Crippen LogP contribution in [0.2, 0.25) is 0 Å². The van der Waals surface area contributed by atoms with E-state index < -0.39 is 0 Å². The average molecular weight is 389 g/mol. The molecule has 0 aliphatic rings. The lowest BCUT2D eigenvalue weighted by Crippen LogP contribution is -2.26. The number of carbonyl (C=O) groups excluding carboxylic acids is 1. The Morgan fingerprint density at radius 1 is 1.07 bits per heavy atom. The first-order chi connectivity index (χ1) is 13.5. The van der Waals surface area contributed by atoms with Crippen molar-refractivity contribution in [1.82, 2.24) is 14.5 Å². The molecular formula is C22H19N3O2S. The van der Waals surface area contributed by atoms with Gasteiger partial charge in [-0.15, -0.1) is 11.3 Å². The average Bonchev–Trinajstić information content (AvgIpc) is 3.21. The van der Waals surface area contributed by atoms with Crippen molar-refractivity contribution in [2.45, 2.75) is 13.5 Å². The first kappa shape index (κ1) is 18.1. The molecule has 0 bridgehead atoms. The van der Waals surface area contributed by atoms with Crippen molar-refractivity contribution in [3.05, 3.63) is 92.7 Å². The van der Waals surface area contributed by atoms with Gasteiger partial charge in [0.15, 0.2) is 0 Å². The van der Waals surface area contributed by atoms with Gasteiger partial charge in [0.05, 0.1) is 23.1 Å². The molecule has 0 fully saturated rings. The molecule has 0 unspecified atom stereocenters. The van der Waals surface area contributed by atoms with Crippen molar-refractivity contribution in [2.24, 2.45) is 0 Å². The van der Waals surface area contributed by atoms with Crippen LogP contribution in [0.4, 0.5) is 0 Å². The van der Waals surface area contributed by atoms with Gasteiger partial charge < -0.3 is 4.90 Å². The van der Waals surface area contributed by atoms with E-state index in [0.29, 0.717) is 34.5 Å². The topological polar surface area (TPSA) is 55.2 Å². The monoisotopic (exact) mass is 389 g/mol. The third-order valence-electron chi connectivity index (χ3n) is 4.64. The summed E-state index contributed by atoms with van der Waals surface area (Å²) < 4.78 is 1.58. The molecule has 2 heterocycles. The molecule has 0 saturated heterocycles. The molecule has 140 valence electrons. The number of nitrogens with zero attached hydrogens (tertiary/aromatic N) is 3. The van der Waals surface area contributed by atoms with Gasteiger partial charge in [-0.25, -0.2) is 4.98 Å².